The SMILES string of the molecule is CCC(N)C(=O)NCc1ccc(CN2CCOCC2)cc1. The van der Waals surface area contributed by atoms with Crippen LogP contribution in [0.25, 0.3) is 0 Å². The lowest BCUT2D eigenvalue weighted by atomic mass is 10.1. The first-order chi connectivity index (χ1) is 10.2. The summed E-state index contributed by atoms with van der Waals surface area (Å²) in [6, 6.07) is 7.96. The lowest BCUT2D eigenvalue weighted by Gasteiger charge is -2.26. The lowest BCUT2D eigenvalue weighted by molar-refractivity contribution is -0.122. The van der Waals surface area contributed by atoms with E-state index in [0.29, 0.717) is 13.0 Å². The minimum atomic E-state index is -0.411. The number of rotatable bonds is 6. The molecule has 1 unspecified atom stereocenters. The topological polar surface area (TPSA) is 67.6 Å². The molecule has 1 fully saturated rings. The maximum absolute atomic E-state index is 11.6. The fourth-order valence-electron chi connectivity index (χ4n) is 2.29. The summed E-state index contributed by atoms with van der Waals surface area (Å²) in [5, 5.41) is 2.86. The van der Waals surface area contributed by atoms with E-state index in [1.54, 1.807) is 0 Å². The van der Waals surface area contributed by atoms with Crippen LogP contribution in [-0.4, -0.2) is 43.2 Å². The summed E-state index contributed by atoms with van der Waals surface area (Å²) in [4.78, 5) is 14.0. The van der Waals surface area contributed by atoms with Gasteiger partial charge in [0.1, 0.15) is 0 Å². The van der Waals surface area contributed by atoms with E-state index < -0.39 is 6.04 Å². The number of nitrogens with two attached hydrogens (primary N) is 1. The number of nitrogens with zero attached hydrogens (tertiary/aromatic N) is 1. The van der Waals surface area contributed by atoms with Crippen LogP contribution >= 0.6 is 0 Å². The number of nitrogens with one attached hydrogen (secondary N) is 1. The molecule has 2 rings (SSSR count). The molecule has 0 aliphatic carbocycles. The van der Waals surface area contributed by atoms with Crippen LogP contribution in [0.1, 0.15) is 24.5 Å². The molecule has 3 N–H and O–H groups in total. The van der Waals surface area contributed by atoms with Crippen molar-refractivity contribution in [3.8, 4) is 0 Å². The Morgan fingerprint density at radius 2 is 1.90 bits per heavy atom. The fourth-order valence-corrected chi connectivity index (χ4v) is 2.29. The maximum atomic E-state index is 11.6. The largest absolute Gasteiger partial charge is 0.379 e. The molecule has 5 heteroatoms. The number of carbonyl (C=O) groups excluding carboxylic acids is 1. The van der Waals surface area contributed by atoms with Crippen LogP contribution < -0.4 is 11.1 Å². The molecule has 21 heavy (non-hydrogen) atoms. The highest BCUT2D eigenvalue weighted by Crippen LogP contribution is 2.09. The molecule has 1 aliphatic rings. The van der Waals surface area contributed by atoms with Gasteiger partial charge in [-0.25, -0.2) is 0 Å². The van der Waals surface area contributed by atoms with Crippen molar-refractivity contribution in [3.05, 3.63) is 35.4 Å². The van der Waals surface area contributed by atoms with Gasteiger partial charge in [0, 0.05) is 26.2 Å². The van der Waals surface area contributed by atoms with Gasteiger partial charge in [0.15, 0.2) is 0 Å². The molecule has 0 radical (unpaired) electrons. The smallest absolute Gasteiger partial charge is 0.237 e. The molecular formula is C16H25N3O2. The van der Waals surface area contributed by atoms with E-state index in [1.807, 2.05) is 6.92 Å². The highest BCUT2D eigenvalue weighted by atomic mass is 16.5. The average Bonchev–Trinajstić information content (AvgIpc) is 2.54. The Bertz CT molecular complexity index is 441. The molecular weight excluding hydrogens is 266 g/mol. The second-order valence-corrected chi connectivity index (χ2v) is 5.44. The van der Waals surface area contributed by atoms with Crippen molar-refractivity contribution >= 4 is 5.91 Å². The van der Waals surface area contributed by atoms with E-state index in [4.69, 9.17) is 10.5 Å². The van der Waals surface area contributed by atoms with E-state index >= 15 is 0 Å². The Labute approximate surface area is 126 Å². The first-order valence-electron chi connectivity index (χ1n) is 7.60. The van der Waals surface area contributed by atoms with Crippen LogP contribution in [0, 0.1) is 0 Å². The van der Waals surface area contributed by atoms with Crippen molar-refractivity contribution in [2.75, 3.05) is 26.3 Å². The van der Waals surface area contributed by atoms with E-state index in [0.717, 1.165) is 38.4 Å². The summed E-state index contributed by atoms with van der Waals surface area (Å²) in [6.07, 6.45) is 0.657. The van der Waals surface area contributed by atoms with E-state index in [1.165, 1.54) is 5.56 Å². The van der Waals surface area contributed by atoms with Gasteiger partial charge < -0.3 is 15.8 Å². The third-order valence-corrected chi connectivity index (χ3v) is 3.78. The first-order valence-corrected chi connectivity index (χ1v) is 7.60. The second kappa shape index (κ2) is 8.12. The van der Waals surface area contributed by atoms with Crippen molar-refractivity contribution in [3.63, 3.8) is 0 Å². The molecule has 0 aromatic heterocycles. The Kier molecular flexibility index (Phi) is 6.17. The fraction of sp³-hybridized carbons (Fsp3) is 0.562. The number of carbonyl (C=O) groups is 1. The standard InChI is InChI=1S/C16H25N3O2/c1-2-15(17)16(20)18-11-13-3-5-14(6-4-13)12-19-7-9-21-10-8-19/h3-6,15H,2,7-12,17H2,1H3,(H,18,20). The number of benzene rings is 1. The zero-order valence-corrected chi connectivity index (χ0v) is 12.7. The van der Waals surface area contributed by atoms with Crippen molar-refractivity contribution in [1.29, 1.82) is 0 Å². The number of hydrogen-bond donors (Lipinski definition) is 2. The number of amides is 1. The van der Waals surface area contributed by atoms with Crippen LogP contribution in [0.4, 0.5) is 0 Å². The molecule has 1 aromatic carbocycles. The summed E-state index contributed by atoms with van der Waals surface area (Å²) < 4.78 is 5.35. The summed E-state index contributed by atoms with van der Waals surface area (Å²) in [5.74, 6) is -0.0881. The van der Waals surface area contributed by atoms with Gasteiger partial charge in [-0.2, -0.15) is 0 Å². The summed E-state index contributed by atoms with van der Waals surface area (Å²) in [7, 11) is 0. The Morgan fingerprint density at radius 3 is 2.52 bits per heavy atom. The zero-order valence-electron chi connectivity index (χ0n) is 12.7. The highest BCUT2D eigenvalue weighted by Gasteiger charge is 2.11. The van der Waals surface area contributed by atoms with Crippen LogP contribution in [-0.2, 0) is 22.6 Å². The summed E-state index contributed by atoms with van der Waals surface area (Å²) in [6.45, 7) is 7.02. The zero-order chi connectivity index (χ0) is 15.1. The summed E-state index contributed by atoms with van der Waals surface area (Å²) >= 11 is 0. The molecule has 1 aliphatic heterocycles. The Balaban J connectivity index is 1.80. The Morgan fingerprint density at radius 1 is 1.29 bits per heavy atom. The molecule has 1 saturated heterocycles. The van der Waals surface area contributed by atoms with Crippen LogP contribution in [0.3, 0.4) is 0 Å². The number of morpholine rings is 1. The molecule has 0 bridgehead atoms. The molecule has 0 saturated carbocycles. The van der Waals surface area contributed by atoms with Gasteiger partial charge in [-0.3, -0.25) is 9.69 Å². The number of ether oxygens (including phenoxy) is 1. The van der Waals surface area contributed by atoms with Gasteiger partial charge >= 0.3 is 0 Å². The van der Waals surface area contributed by atoms with Crippen LogP contribution in [0.15, 0.2) is 24.3 Å². The lowest BCUT2D eigenvalue weighted by Crippen LogP contribution is -2.39. The first kappa shape index (κ1) is 15.9. The van der Waals surface area contributed by atoms with Gasteiger partial charge in [-0.15, -0.1) is 0 Å². The predicted octanol–water partition coefficient (Wildman–Crippen LogP) is 0.872. The van der Waals surface area contributed by atoms with Crippen molar-refractivity contribution < 1.29 is 9.53 Å². The van der Waals surface area contributed by atoms with E-state index in [2.05, 4.69) is 34.5 Å². The number of hydrogen-bond acceptors (Lipinski definition) is 4. The minimum Gasteiger partial charge on any atom is -0.379 e. The minimum absolute atomic E-state index is 0.0881. The van der Waals surface area contributed by atoms with E-state index in [9.17, 15) is 4.79 Å². The molecule has 5 nitrogen and oxygen atoms in total. The van der Waals surface area contributed by atoms with Gasteiger partial charge in [0.05, 0.1) is 19.3 Å². The maximum Gasteiger partial charge on any atom is 0.237 e. The third kappa shape index (κ3) is 5.12. The highest BCUT2D eigenvalue weighted by molar-refractivity contribution is 5.81. The third-order valence-electron chi connectivity index (χ3n) is 3.78. The van der Waals surface area contributed by atoms with E-state index in [-0.39, 0.29) is 5.91 Å². The van der Waals surface area contributed by atoms with Gasteiger partial charge in [0.25, 0.3) is 0 Å². The summed E-state index contributed by atoms with van der Waals surface area (Å²) in [5.41, 5.74) is 8.07. The molecule has 116 valence electrons. The molecule has 0 spiro atoms. The van der Waals surface area contributed by atoms with Crippen LogP contribution in [0.2, 0.25) is 0 Å². The van der Waals surface area contributed by atoms with Gasteiger partial charge in [0.2, 0.25) is 5.91 Å². The monoisotopic (exact) mass is 291 g/mol. The predicted molar refractivity (Wildman–Crippen MR) is 82.7 cm³/mol. The van der Waals surface area contributed by atoms with Gasteiger partial charge in [-0.1, -0.05) is 31.2 Å². The van der Waals surface area contributed by atoms with Crippen molar-refractivity contribution in [2.45, 2.75) is 32.5 Å². The quantitative estimate of drug-likeness (QED) is 0.816. The molecule has 1 amide bonds. The molecule has 1 aromatic rings. The average molecular weight is 291 g/mol. The molecule has 1 heterocycles. The van der Waals surface area contributed by atoms with Crippen molar-refractivity contribution in [2.24, 2.45) is 5.73 Å². The van der Waals surface area contributed by atoms with Crippen LogP contribution in [0.5, 0.6) is 0 Å². The second-order valence-electron chi connectivity index (χ2n) is 5.44. The normalized spacial score (nSPS) is 17.4. The molecule has 1 atom stereocenters. The van der Waals surface area contributed by atoms with Crippen molar-refractivity contribution in [1.82, 2.24) is 10.2 Å². The Hall–Kier alpha value is -1.43. The van der Waals surface area contributed by atoms with Gasteiger partial charge in [-0.05, 0) is 17.5 Å².